The maximum absolute atomic E-state index is 12.5. The van der Waals surface area contributed by atoms with Gasteiger partial charge in [0.05, 0.1) is 17.3 Å². The zero-order valence-corrected chi connectivity index (χ0v) is 12.5. The molecule has 1 heterocycles. The lowest BCUT2D eigenvalue weighted by atomic mass is 9.92. The van der Waals surface area contributed by atoms with Gasteiger partial charge in [-0.05, 0) is 31.5 Å². The first-order chi connectivity index (χ1) is 10.7. The molecule has 6 heteroatoms. The van der Waals surface area contributed by atoms with Crippen LogP contribution in [0.1, 0.15) is 38.7 Å². The standard InChI is InChI=1S/C17H13F3N2O/c1-10-3-5-13(11(2)7-10)16(23)14(8-21)15-6-4-12(9-22-15)17(18,19)20/h3-7,9,14H,1-2H3/t14-/m0/s1. The van der Waals surface area contributed by atoms with E-state index < -0.39 is 23.4 Å². The summed E-state index contributed by atoms with van der Waals surface area (Å²) in [6.07, 6.45) is -3.87. The van der Waals surface area contributed by atoms with Crippen LogP contribution in [0.3, 0.4) is 0 Å². The van der Waals surface area contributed by atoms with E-state index in [-0.39, 0.29) is 5.69 Å². The van der Waals surface area contributed by atoms with Crippen LogP contribution < -0.4 is 0 Å². The number of aryl methyl sites for hydroxylation is 2. The van der Waals surface area contributed by atoms with Crippen LogP contribution in [-0.2, 0) is 6.18 Å². The SMILES string of the molecule is Cc1ccc(C(=O)[C@@H](C#N)c2ccc(C(F)(F)F)cn2)c(C)c1. The number of benzene rings is 1. The molecule has 1 aromatic heterocycles. The molecule has 1 atom stereocenters. The molecule has 0 aliphatic carbocycles. The fraction of sp³-hybridized carbons (Fsp3) is 0.235. The highest BCUT2D eigenvalue weighted by atomic mass is 19.4. The van der Waals surface area contributed by atoms with E-state index >= 15 is 0 Å². The Morgan fingerprint density at radius 1 is 1.22 bits per heavy atom. The van der Waals surface area contributed by atoms with Crippen molar-refractivity contribution >= 4 is 5.78 Å². The molecule has 2 aromatic rings. The van der Waals surface area contributed by atoms with Crippen molar-refractivity contribution < 1.29 is 18.0 Å². The smallest absolute Gasteiger partial charge is 0.292 e. The number of rotatable bonds is 3. The van der Waals surface area contributed by atoms with Gasteiger partial charge < -0.3 is 0 Å². The Labute approximate surface area is 131 Å². The second-order valence-corrected chi connectivity index (χ2v) is 5.21. The van der Waals surface area contributed by atoms with E-state index in [0.717, 1.165) is 17.7 Å². The third kappa shape index (κ3) is 3.57. The molecule has 118 valence electrons. The number of Topliss-reactive ketones (excluding diaryl/α,β-unsaturated/α-hetero) is 1. The van der Waals surface area contributed by atoms with Crippen molar-refractivity contribution in [2.45, 2.75) is 25.9 Å². The molecule has 23 heavy (non-hydrogen) atoms. The van der Waals surface area contributed by atoms with E-state index in [2.05, 4.69) is 4.98 Å². The third-order valence-electron chi connectivity index (χ3n) is 3.45. The van der Waals surface area contributed by atoms with Gasteiger partial charge in [-0.3, -0.25) is 9.78 Å². The van der Waals surface area contributed by atoms with Gasteiger partial charge in [-0.2, -0.15) is 18.4 Å². The Kier molecular flexibility index (Phi) is 4.50. The summed E-state index contributed by atoms with van der Waals surface area (Å²) in [6, 6.07) is 8.88. The summed E-state index contributed by atoms with van der Waals surface area (Å²) >= 11 is 0. The van der Waals surface area contributed by atoms with Crippen molar-refractivity contribution in [1.29, 1.82) is 5.26 Å². The Bertz CT molecular complexity index is 774. The Balaban J connectivity index is 2.36. The van der Waals surface area contributed by atoms with Gasteiger partial charge in [0.2, 0.25) is 0 Å². The monoisotopic (exact) mass is 318 g/mol. The third-order valence-corrected chi connectivity index (χ3v) is 3.45. The molecule has 0 saturated carbocycles. The van der Waals surface area contributed by atoms with Crippen molar-refractivity contribution in [2.75, 3.05) is 0 Å². The van der Waals surface area contributed by atoms with Crippen LogP contribution in [0.15, 0.2) is 36.5 Å². The van der Waals surface area contributed by atoms with Crippen molar-refractivity contribution in [3.63, 3.8) is 0 Å². The number of alkyl halides is 3. The average Bonchev–Trinajstić information content (AvgIpc) is 2.47. The van der Waals surface area contributed by atoms with Gasteiger partial charge in [-0.25, -0.2) is 0 Å². The van der Waals surface area contributed by atoms with E-state index in [9.17, 15) is 23.2 Å². The van der Waals surface area contributed by atoms with Crippen molar-refractivity contribution in [3.8, 4) is 6.07 Å². The van der Waals surface area contributed by atoms with Crippen LogP contribution in [0, 0.1) is 25.2 Å². The molecule has 0 aliphatic rings. The van der Waals surface area contributed by atoms with Gasteiger partial charge in [0.25, 0.3) is 0 Å². The molecule has 0 bridgehead atoms. The zero-order chi connectivity index (χ0) is 17.2. The van der Waals surface area contributed by atoms with Crippen molar-refractivity contribution in [3.05, 3.63) is 64.5 Å². The van der Waals surface area contributed by atoms with Crippen LogP contribution >= 0.6 is 0 Å². The summed E-state index contributed by atoms with van der Waals surface area (Å²) < 4.78 is 37.6. The maximum atomic E-state index is 12.5. The highest BCUT2D eigenvalue weighted by molar-refractivity contribution is 6.03. The summed E-state index contributed by atoms with van der Waals surface area (Å²) in [5.74, 6) is -1.71. The van der Waals surface area contributed by atoms with Gasteiger partial charge in [0.15, 0.2) is 11.7 Å². The Morgan fingerprint density at radius 2 is 1.91 bits per heavy atom. The summed E-state index contributed by atoms with van der Waals surface area (Å²) in [7, 11) is 0. The molecule has 0 radical (unpaired) electrons. The highest BCUT2D eigenvalue weighted by Crippen LogP contribution is 2.29. The number of carbonyl (C=O) groups excluding carboxylic acids is 1. The summed E-state index contributed by atoms with van der Waals surface area (Å²) in [4.78, 5) is 16.2. The van der Waals surface area contributed by atoms with E-state index in [1.165, 1.54) is 0 Å². The van der Waals surface area contributed by atoms with Crippen LogP contribution in [0.2, 0.25) is 0 Å². The number of ketones is 1. The van der Waals surface area contributed by atoms with E-state index in [0.29, 0.717) is 17.3 Å². The fourth-order valence-corrected chi connectivity index (χ4v) is 2.25. The van der Waals surface area contributed by atoms with Gasteiger partial charge in [0, 0.05) is 11.8 Å². The molecule has 3 nitrogen and oxygen atoms in total. The number of aromatic nitrogens is 1. The summed E-state index contributed by atoms with van der Waals surface area (Å²) in [6.45, 7) is 3.62. The average molecular weight is 318 g/mol. The first-order valence-corrected chi connectivity index (χ1v) is 6.78. The largest absolute Gasteiger partial charge is 0.417 e. The van der Waals surface area contributed by atoms with Crippen LogP contribution in [0.5, 0.6) is 0 Å². The predicted octanol–water partition coefficient (Wildman–Crippen LogP) is 4.21. The number of halogens is 3. The lowest BCUT2D eigenvalue weighted by molar-refractivity contribution is -0.137. The molecular weight excluding hydrogens is 305 g/mol. The molecular formula is C17H13F3N2O. The van der Waals surface area contributed by atoms with E-state index in [1.54, 1.807) is 19.1 Å². The minimum atomic E-state index is -4.51. The lowest BCUT2D eigenvalue weighted by Crippen LogP contribution is -2.15. The van der Waals surface area contributed by atoms with Gasteiger partial charge in [-0.15, -0.1) is 0 Å². The minimum Gasteiger partial charge on any atom is -0.292 e. The number of nitriles is 1. The fourth-order valence-electron chi connectivity index (χ4n) is 2.25. The molecule has 0 N–H and O–H groups in total. The number of hydrogen-bond donors (Lipinski definition) is 0. The Morgan fingerprint density at radius 3 is 2.39 bits per heavy atom. The number of carbonyl (C=O) groups is 1. The second-order valence-electron chi connectivity index (χ2n) is 5.21. The van der Waals surface area contributed by atoms with E-state index in [1.807, 2.05) is 19.1 Å². The van der Waals surface area contributed by atoms with Gasteiger partial charge in [-0.1, -0.05) is 23.8 Å². The number of pyridine rings is 1. The molecule has 0 fully saturated rings. The zero-order valence-electron chi connectivity index (χ0n) is 12.5. The molecule has 0 aliphatic heterocycles. The van der Waals surface area contributed by atoms with E-state index in [4.69, 9.17) is 0 Å². The lowest BCUT2D eigenvalue weighted by Gasteiger charge is -2.12. The highest BCUT2D eigenvalue weighted by Gasteiger charge is 2.32. The molecule has 0 amide bonds. The van der Waals surface area contributed by atoms with Crippen LogP contribution in [0.25, 0.3) is 0 Å². The molecule has 0 saturated heterocycles. The van der Waals surface area contributed by atoms with Crippen molar-refractivity contribution in [1.82, 2.24) is 4.98 Å². The van der Waals surface area contributed by atoms with Crippen LogP contribution in [0.4, 0.5) is 13.2 Å². The summed E-state index contributed by atoms with van der Waals surface area (Å²) in [5, 5.41) is 9.25. The molecule has 1 aromatic carbocycles. The topological polar surface area (TPSA) is 53.8 Å². The first-order valence-electron chi connectivity index (χ1n) is 6.78. The predicted molar refractivity (Wildman–Crippen MR) is 77.8 cm³/mol. The normalized spacial score (nSPS) is 12.5. The molecule has 2 rings (SSSR count). The molecule has 0 unspecified atom stereocenters. The molecule has 0 spiro atoms. The second kappa shape index (κ2) is 6.21. The van der Waals surface area contributed by atoms with Crippen LogP contribution in [-0.4, -0.2) is 10.8 Å². The first kappa shape index (κ1) is 16.7. The number of nitrogens with zero attached hydrogens (tertiary/aromatic N) is 2. The quantitative estimate of drug-likeness (QED) is 0.797. The number of hydrogen-bond acceptors (Lipinski definition) is 3. The van der Waals surface area contributed by atoms with Gasteiger partial charge in [0.1, 0.15) is 0 Å². The minimum absolute atomic E-state index is 0.00507. The van der Waals surface area contributed by atoms with Gasteiger partial charge >= 0.3 is 6.18 Å². The Hall–Kier alpha value is -2.68. The maximum Gasteiger partial charge on any atom is 0.417 e. The summed E-state index contributed by atoms with van der Waals surface area (Å²) in [5.41, 5.74) is 1.13. The van der Waals surface area contributed by atoms with Crippen molar-refractivity contribution in [2.24, 2.45) is 0 Å².